The van der Waals surface area contributed by atoms with Gasteiger partial charge in [-0.2, -0.15) is 0 Å². The van der Waals surface area contributed by atoms with Crippen molar-refractivity contribution >= 4 is 0 Å². The van der Waals surface area contributed by atoms with Gasteiger partial charge in [0, 0.05) is 0 Å². The molecule has 0 aromatic heterocycles. The lowest BCUT2D eigenvalue weighted by molar-refractivity contribution is 0.410. The fraction of sp³-hybridized carbons (Fsp3) is 0.135. The SMILES string of the molecule is C#Cc1cc2c(cc1OC)C1(c3cc(OC)c(C#C)cc3-2)c2cc(OC)c(C#C)cc2-c2cc(C#C)c(OC)cc21. The van der Waals surface area contributed by atoms with E-state index < -0.39 is 5.41 Å². The standard InChI is InChI=1S/C37H24O4/c1-9-21-13-25-26-14-22(10-2)34(39-6)18-30(26)37(29(25)17-33(21)38-5)31-19-35(40-7)23(11-3)15-27(31)28-16-24(12-4)36(41-8)20-32(28)37/h1-4,13-20H,5-8H3. The first-order valence-corrected chi connectivity index (χ1v) is 12.7. The molecule has 41 heavy (non-hydrogen) atoms. The smallest absolute Gasteiger partial charge is 0.134 e. The molecule has 0 N–H and O–H groups in total. The van der Waals surface area contributed by atoms with Crippen LogP contribution in [0.1, 0.15) is 44.5 Å². The second-order valence-corrected chi connectivity index (χ2v) is 9.72. The van der Waals surface area contributed by atoms with Gasteiger partial charge in [-0.25, -0.2) is 0 Å². The fourth-order valence-electron chi connectivity index (χ4n) is 6.45. The zero-order valence-electron chi connectivity index (χ0n) is 23.1. The number of rotatable bonds is 4. The molecule has 0 fully saturated rings. The molecule has 4 heteroatoms. The number of benzene rings is 4. The van der Waals surface area contributed by atoms with Crippen LogP contribution in [-0.4, -0.2) is 28.4 Å². The zero-order valence-corrected chi connectivity index (χ0v) is 23.1. The van der Waals surface area contributed by atoms with E-state index in [9.17, 15) is 0 Å². The van der Waals surface area contributed by atoms with E-state index in [-0.39, 0.29) is 0 Å². The van der Waals surface area contributed by atoms with Gasteiger partial charge < -0.3 is 18.9 Å². The molecule has 0 atom stereocenters. The summed E-state index contributed by atoms with van der Waals surface area (Å²) in [7, 11) is 6.44. The van der Waals surface area contributed by atoms with Crippen molar-refractivity contribution < 1.29 is 18.9 Å². The van der Waals surface area contributed by atoms with Crippen molar-refractivity contribution in [1.29, 1.82) is 0 Å². The average Bonchev–Trinajstić information content (AvgIpc) is 3.45. The van der Waals surface area contributed by atoms with Gasteiger partial charge in [0.25, 0.3) is 0 Å². The summed E-state index contributed by atoms with van der Waals surface area (Å²) in [6.07, 6.45) is 23.7. The molecule has 196 valence electrons. The lowest BCUT2D eigenvalue weighted by atomic mass is 9.70. The maximum atomic E-state index is 5.93. The highest BCUT2D eigenvalue weighted by molar-refractivity contribution is 5.98. The maximum absolute atomic E-state index is 5.93. The van der Waals surface area contributed by atoms with Crippen LogP contribution in [0.5, 0.6) is 23.0 Å². The van der Waals surface area contributed by atoms with Gasteiger partial charge in [0.05, 0.1) is 56.1 Å². The molecule has 0 saturated heterocycles. The molecule has 2 aliphatic rings. The Labute approximate surface area is 240 Å². The van der Waals surface area contributed by atoms with Gasteiger partial charge in [-0.05, 0) is 93.0 Å². The van der Waals surface area contributed by atoms with Gasteiger partial charge in [-0.3, -0.25) is 0 Å². The van der Waals surface area contributed by atoms with Crippen LogP contribution in [0, 0.1) is 49.4 Å². The lowest BCUT2D eigenvalue weighted by Gasteiger charge is -2.31. The van der Waals surface area contributed by atoms with Gasteiger partial charge in [0.2, 0.25) is 0 Å². The van der Waals surface area contributed by atoms with Crippen LogP contribution >= 0.6 is 0 Å². The van der Waals surface area contributed by atoms with Crippen molar-refractivity contribution in [2.45, 2.75) is 5.41 Å². The Balaban J connectivity index is 1.90. The Hall–Kier alpha value is -5.68. The summed E-state index contributed by atoms with van der Waals surface area (Å²) in [4.78, 5) is 0. The molecule has 0 unspecified atom stereocenters. The molecule has 0 heterocycles. The lowest BCUT2D eigenvalue weighted by Crippen LogP contribution is -2.26. The Morgan fingerprint density at radius 1 is 0.415 bits per heavy atom. The molecular weight excluding hydrogens is 508 g/mol. The van der Waals surface area contributed by atoms with E-state index in [1.54, 1.807) is 28.4 Å². The van der Waals surface area contributed by atoms with Crippen molar-refractivity contribution in [3.8, 4) is 94.6 Å². The monoisotopic (exact) mass is 532 g/mol. The highest BCUT2D eigenvalue weighted by Gasteiger charge is 2.53. The Morgan fingerprint density at radius 3 is 0.805 bits per heavy atom. The molecule has 0 aliphatic heterocycles. The molecular formula is C37H24O4. The van der Waals surface area contributed by atoms with E-state index in [1.165, 1.54) is 0 Å². The van der Waals surface area contributed by atoms with Crippen LogP contribution in [0.2, 0.25) is 0 Å². The Kier molecular flexibility index (Phi) is 5.75. The second kappa shape index (κ2) is 9.21. The van der Waals surface area contributed by atoms with Crippen molar-refractivity contribution in [2.75, 3.05) is 28.4 Å². The van der Waals surface area contributed by atoms with Crippen LogP contribution in [0.25, 0.3) is 22.3 Å². The van der Waals surface area contributed by atoms with Crippen LogP contribution in [0.4, 0.5) is 0 Å². The maximum Gasteiger partial charge on any atom is 0.134 e. The molecule has 4 aromatic carbocycles. The number of ether oxygens (including phenoxy) is 4. The van der Waals surface area contributed by atoms with E-state index >= 15 is 0 Å². The first-order chi connectivity index (χ1) is 19.9. The van der Waals surface area contributed by atoms with Gasteiger partial charge in [0.15, 0.2) is 0 Å². The van der Waals surface area contributed by atoms with Crippen molar-refractivity contribution in [3.63, 3.8) is 0 Å². The number of hydrogen-bond acceptors (Lipinski definition) is 4. The third kappa shape index (κ3) is 3.17. The van der Waals surface area contributed by atoms with Crippen LogP contribution < -0.4 is 18.9 Å². The third-order valence-corrected chi connectivity index (χ3v) is 8.18. The molecule has 0 amide bonds. The highest BCUT2D eigenvalue weighted by Crippen LogP contribution is 2.65. The molecule has 0 radical (unpaired) electrons. The molecule has 1 spiro atoms. The quantitative estimate of drug-likeness (QED) is 0.262. The highest BCUT2D eigenvalue weighted by atomic mass is 16.5. The average molecular weight is 533 g/mol. The minimum absolute atomic E-state index is 0.581. The van der Waals surface area contributed by atoms with E-state index in [4.69, 9.17) is 44.6 Å². The van der Waals surface area contributed by atoms with Crippen molar-refractivity contribution in [3.05, 3.63) is 93.0 Å². The zero-order chi connectivity index (χ0) is 29.1. The van der Waals surface area contributed by atoms with Gasteiger partial charge in [-0.15, -0.1) is 25.7 Å². The predicted molar refractivity (Wildman–Crippen MR) is 161 cm³/mol. The summed E-state index contributed by atoms with van der Waals surface area (Å²) in [6, 6.07) is 15.9. The van der Waals surface area contributed by atoms with Crippen LogP contribution in [0.3, 0.4) is 0 Å². The summed E-state index contributed by atoms with van der Waals surface area (Å²) in [5.74, 6) is 13.4. The van der Waals surface area contributed by atoms with E-state index in [0.29, 0.717) is 45.3 Å². The fourth-order valence-corrected chi connectivity index (χ4v) is 6.45. The number of hydrogen-bond donors (Lipinski definition) is 0. The normalized spacial score (nSPS) is 12.5. The molecule has 0 saturated carbocycles. The topological polar surface area (TPSA) is 36.9 Å². The Bertz CT molecular complexity index is 1690. The molecule has 0 bridgehead atoms. The Morgan fingerprint density at radius 2 is 0.634 bits per heavy atom. The van der Waals surface area contributed by atoms with Crippen LogP contribution in [-0.2, 0) is 5.41 Å². The summed E-state index contributed by atoms with van der Waals surface area (Å²) in [5.41, 5.74) is 9.27. The van der Waals surface area contributed by atoms with E-state index in [1.807, 2.05) is 48.5 Å². The second-order valence-electron chi connectivity index (χ2n) is 9.72. The molecule has 6 rings (SSSR count). The minimum atomic E-state index is -0.850. The summed E-state index contributed by atoms with van der Waals surface area (Å²) < 4.78 is 23.2. The first-order valence-electron chi connectivity index (χ1n) is 12.7. The molecule has 4 nitrogen and oxygen atoms in total. The van der Waals surface area contributed by atoms with Crippen LogP contribution in [0.15, 0.2) is 48.5 Å². The molecule has 4 aromatic rings. The summed E-state index contributed by atoms with van der Waals surface area (Å²) in [5, 5.41) is 0. The van der Waals surface area contributed by atoms with Gasteiger partial charge >= 0.3 is 0 Å². The summed E-state index contributed by atoms with van der Waals surface area (Å²) in [6.45, 7) is 0. The number of terminal acetylenes is 4. The number of methoxy groups -OCH3 is 4. The number of fused-ring (bicyclic) bond motifs is 10. The third-order valence-electron chi connectivity index (χ3n) is 8.18. The van der Waals surface area contributed by atoms with Crippen molar-refractivity contribution in [1.82, 2.24) is 0 Å². The predicted octanol–water partition coefficient (Wildman–Crippen LogP) is 5.99. The van der Waals surface area contributed by atoms with Gasteiger partial charge in [-0.1, -0.05) is 23.7 Å². The van der Waals surface area contributed by atoms with Crippen molar-refractivity contribution in [2.24, 2.45) is 0 Å². The largest absolute Gasteiger partial charge is 0.495 e. The van der Waals surface area contributed by atoms with E-state index in [2.05, 4.69) is 23.7 Å². The molecule has 2 aliphatic carbocycles. The van der Waals surface area contributed by atoms with E-state index in [0.717, 1.165) is 44.5 Å². The summed E-state index contributed by atoms with van der Waals surface area (Å²) >= 11 is 0. The minimum Gasteiger partial charge on any atom is -0.495 e. The van der Waals surface area contributed by atoms with Gasteiger partial charge in [0.1, 0.15) is 23.0 Å². The first kappa shape index (κ1) is 25.6.